The van der Waals surface area contributed by atoms with Gasteiger partial charge in [0.05, 0.1) is 11.9 Å². The summed E-state index contributed by atoms with van der Waals surface area (Å²) in [6.07, 6.45) is 0.558. The predicted octanol–water partition coefficient (Wildman–Crippen LogP) is 0.460. The number of esters is 1. The third-order valence-corrected chi connectivity index (χ3v) is 2.65. The monoisotopic (exact) mass is 277 g/mol. The van der Waals surface area contributed by atoms with Gasteiger partial charge in [0.25, 0.3) is 0 Å². The number of amides is 2. The lowest BCUT2D eigenvalue weighted by Gasteiger charge is -2.21. The molecule has 15 heavy (non-hydrogen) atoms. The molecule has 1 fully saturated rings. The lowest BCUT2D eigenvalue weighted by Crippen LogP contribution is -2.46. The summed E-state index contributed by atoms with van der Waals surface area (Å²) in [4.78, 5) is 34.9. The van der Waals surface area contributed by atoms with Gasteiger partial charge in [0, 0.05) is 6.42 Å². The van der Waals surface area contributed by atoms with Gasteiger partial charge in [-0.2, -0.15) is 0 Å². The van der Waals surface area contributed by atoms with E-state index in [4.69, 9.17) is 0 Å². The Hall–Kier alpha value is -0.910. The number of hydrogen-bond donors (Lipinski definition) is 0. The van der Waals surface area contributed by atoms with Crippen LogP contribution in [-0.4, -0.2) is 40.7 Å². The molecule has 0 N–H and O–H groups in total. The summed E-state index contributed by atoms with van der Waals surface area (Å²) < 4.78 is 4.54. The van der Waals surface area contributed by atoms with E-state index in [1.807, 2.05) is 0 Å². The number of alkyl halides is 1. The second kappa shape index (κ2) is 4.74. The van der Waals surface area contributed by atoms with E-state index in [1.165, 1.54) is 7.11 Å². The van der Waals surface area contributed by atoms with E-state index in [0.29, 0.717) is 6.42 Å². The fraction of sp³-hybridized carbons (Fsp3) is 0.667. The zero-order chi connectivity index (χ0) is 11.6. The zero-order valence-electron chi connectivity index (χ0n) is 8.53. The SMILES string of the molecule is COC(=O)[C@@H]1CCC(=O)N1C(=O)C(C)Br. The Morgan fingerprint density at radius 3 is 2.67 bits per heavy atom. The summed E-state index contributed by atoms with van der Waals surface area (Å²) in [5.74, 6) is -1.25. The summed E-state index contributed by atoms with van der Waals surface area (Å²) in [5, 5.41) is 0. The van der Waals surface area contributed by atoms with Crippen molar-refractivity contribution in [1.29, 1.82) is 0 Å². The second-order valence-corrected chi connectivity index (χ2v) is 4.67. The summed E-state index contributed by atoms with van der Waals surface area (Å²) >= 11 is 3.08. The molecule has 5 nitrogen and oxygen atoms in total. The van der Waals surface area contributed by atoms with E-state index in [9.17, 15) is 14.4 Å². The van der Waals surface area contributed by atoms with Gasteiger partial charge in [-0.15, -0.1) is 0 Å². The molecule has 84 valence electrons. The number of halogens is 1. The fourth-order valence-electron chi connectivity index (χ4n) is 1.51. The smallest absolute Gasteiger partial charge is 0.329 e. The predicted molar refractivity (Wildman–Crippen MR) is 55.3 cm³/mol. The molecule has 1 aliphatic rings. The van der Waals surface area contributed by atoms with Crippen LogP contribution >= 0.6 is 15.9 Å². The maximum Gasteiger partial charge on any atom is 0.329 e. The van der Waals surface area contributed by atoms with Gasteiger partial charge in [-0.1, -0.05) is 15.9 Å². The van der Waals surface area contributed by atoms with Crippen LogP contribution in [0.3, 0.4) is 0 Å². The Balaban J connectivity index is 2.86. The minimum Gasteiger partial charge on any atom is -0.467 e. The third-order valence-electron chi connectivity index (χ3n) is 2.26. The minimum absolute atomic E-state index is 0.214. The van der Waals surface area contributed by atoms with Crippen molar-refractivity contribution in [1.82, 2.24) is 4.90 Å². The summed E-state index contributed by atoms with van der Waals surface area (Å²) in [6, 6.07) is -0.755. The normalized spacial score (nSPS) is 22.7. The molecule has 0 bridgehead atoms. The molecule has 2 amide bonds. The van der Waals surface area contributed by atoms with Crippen LogP contribution in [0.2, 0.25) is 0 Å². The van der Waals surface area contributed by atoms with Crippen LogP contribution in [0.15, 0.2) is 0 Å². The number of methoxy groups -OCH3 is 1. The highest BCUT2D eigenvalue weighted by atomic mass is 79.9. The maximum atomic E-state index is 11.6. The molecule has 2 atom stereocenters. The van der Waals surface area contributed by atoms with Crippen LogP contribution in [0.4, 0.5) is 0 Å². The molecule has 0 saturated carbocycles. The number of carbonyl (C=O) groups excluding carboxylic acids is 3. The standard InChI is InChI=1S/C9H12BrNO4/c1-5(10)8(13)11-6(9(14)15-2)3-4-7(11)12/h5-6H,3-4H2,1-2H3/t5?,6-/m0/s1. The molecular formula is C9H12BrNO4. The molecule has 0 radical (unpaired) electrons. The molecule has 0 aromatic rings. The Morgan fingerprint density at radius 1 is 1.60 bits per heavy atom. The first-order chi connectivity index (χ1) is 6.99. The second-order valence-electron chi connectivity index (χ2n) is 3.30. The van der Waals surface area contributed by atoms with Crippen LogP contribution in [0.5, 0.6) is 0 Å². The Bertz CT molecular complexity index is 302. The third kappa shape index (κ3) is 2.37. The van der Waals surface area contributed by atoms with Crippen molar-refractivity contribution in [2.75, 3.05) is 7.11 Å². The molecule has 1 heterocycles. The first-order valence-corrected chi connectivity index (χ1v) is 5.48. The number of carbonyl (C=O) groups is 3. The van der Waals surface area contributed by atoms with Gasteiger partial charge in [0.2, 0.25) is 11.8 Å². The van der Waals surface area contributed by atoms with Crippen LogP contribution in [-0.2, 0) is 19.1 Å². The van der Waals surface area contributed by atoms with E-state index in [1.54, 1.807) is 6.92 Å². The summed E-state index contributed by atoms with van der Waals surface area (Å²) in [5.41, 5.74) is 0. The molecular weight excluding hydrogens is 266 g/mol. The molecule has 1 saturated heterocycles. The van der Waals surface area contributed by atoms with Gasteiger partial charge in [-0.05, 0) is 13.3 Å². The van der Waals surface area contributed by atoms with Gasteiger partial charge < -0.3 is 4.74 Å². The van der Waals surface area contributed by atoms with Gasteiger partial charge in [0.15, 0.2) is 0 Å². The molecule has 1 aliphatic heterocycles. The molecule has 0 spiro atoms. The molecule has 0 aromatic carbocycles. The number of ether oxygens (including phenoxy) is 1. The quantitative estimate of drug-likeness (QED) is 0.544. The molecule has 1 rings (SSSR count). The van der Waals surface area contributed by atoms with Gasteiger partial charge >= 0.3 is 5.97 Å². The van der Waals surface area contributed by atoms with Crippen molar-refractivity contribution in [3.63, 3.8) is 0 Å². The summed E-state index contributed by atoms with van der Waals surface area (Å²) in [7, 11) is 1.24. The van der Waals surface area contributed by atoms with Gasteiger partial charge in [0.1, 0.15) is 6.04 Å². The van der Waals surface area contributed by atoms with E-state index < -0.39 is 22.7 Å². The van der Waals surface area contributed by atoms with Crippen molar-refractivity contribution >= 4 is 33.7 Å². The summed E-state index contributed by atoms with van der Waals surface area (Å²) in [6.45, 7) is 1.61. The number of likely N-dealkylation sites (tertiary alicyclic amines) is 1. The number of nitrogens with zero attached hydrogens (tertiary/aromatic N) is 1. The van der Waals surface area contributed by atoms with Crippen molar-refractivity contribution < 1.29 is 19.1 Å². The highest BCUT2D eigenvalue weighted by Gasteiger charge is 2.41. The fourth-order valence-corrected chi connectivity index (χ4v) is 1.73. The first-order valence-electron chi connectivity index (χ1n) is 4.56. The minimum atomic E-state index is -0.755. The first kappa shape index (κ1) is 12.2. The highest BCUT2D eigenvalue weighted by Crippen LogP contribution is 2.22. The number of rotatable bonds is 2. The topological polar surface area (TPSA) is 63.7 Å². The molecule has 1 unspecified atom stereocenters. The maximum absolute atomic E-state index is 11.6. The van der Waals surface area contributed by atoms with Crippen LogP contribution < -0.4 is 0 Å². The largest absolute Gasteiger partial charge is 0.467 e. The van der Waals surface area contributed by atoms with Crippen molar-refractivity contribution in [2.24, 2.45) is 0 Å². The lowest BCUT2D eigenvalue weighted by atomic mass is 10.2. The lowest BCUT2D eigenvalue weighted by molar-refractivity contribution is -0.155. The van der Waals surface area contributed by atoms with Crippen LogP contribution in [0.1, 0.15) is 19.8 Å². The Morgan fingerprint density at radius 2 is 2.20 bits per heavy atom. The van der Waals surface area contributed by atoms with E-state index in [2.05, 4.69) is 20.7 Å². The highest BCUT2D eigenvalue weighted by molar-refractivity contribution is 9.10. The molecule has 6 heteroatoms. The average Bonchev–Trinajstić information content (AvgIpc) is 2.57. The van der Waals surface area contributed by atoms with Crippen LogP contribution in [0, 0.1) is 0 Å². The van der Waals surface area contributed by atoms with E-state index in [-0.39, 0.29) is 12.3 Å². The van der Waals surface area contributed by atoms with Crippen LogP contribution in [0.25, 0.3) is 0 Å². The van der Waals surface area contributed by atoms with Gasteiger partial charge in [-0.3, -0.25) is 14.5 Å². The Labute approximate surface area is 95.9 Å². The number of imide groups is 1. The Kier molecular flexibility index (Phi) is 3.84. The molecule has 0 aromatic heterocycles. The van der Waals surface area contributed by atoms with Crippen molar-refractivity contribution in [2.45, 2.75) is 30.6 Å². The van der Waals surface area contributed by atoms with Gasteiger partial charge in [-0.25, -0.2) is 4.79 Å². The average molecular weight is 278 g/mol. The van der Waals surface area contributed by atoms with Crippen molar-refractivity contribution in [3.8, 4) is 0 Å². The zero-order valence-corrected chi connectivity index (χ0v) is 10.1. The van der Waals surface area contributed by atoms with E-state index >= 15 is 0 Å². The number of hydrogen-bond acceptors (Lipinski definition) is 4. The molecule has 0 aliphatic carbocycles. The van der Waals surface area contributed by atoms with E-state index in [0.717, 1.165) is 4.90 Å². The van der Waals surface area contributed by atoms with Crippen molar-refractivity contribution in [3.05, 3.63) is 0 Å².